The number of amides is 2. The molecular formula is C22H24N4O2. The van der Waals surface area contributed by atoms with Gasteiger partial charge in [-0.2, -0.15) is 5.10 Å². The molecule has 1 heterocycles. The average Bonchev–Trinajstić information content (AvgIpc) is 3.08. The van der Waals surface area contributed by atoms with Gasteiger partial charge in [0.25, 0.3) is 5.91 Å². The molecule has 0 saturated carbocycles. The van der Waals surface area contributed by atoms with E-state index in [0.717, 1.165) is 23.4 Å². The van der Waals surface area contributed by atoms with Gasteiger partial charge in [0.2, 0.25) is 5.91 Å². The predicted molar refractivity (Wildman–Crippen MR) is 111 cm³/mol. The molecule has 3 rings (SSSR count). The van der Waals surface area contributed by atoms with Gasteiger partial charge in [0.05, 0.1) is 5.69 Å². The molecular weight excluding hydrogens is 352 g/mol. The molecule has 0 radical (unpaired) electrons. The zero-order chi connectivity index (χ0) is 20.1. The maximum atomic E-state index is 12.3. The topological polar surface area (TPSA) is 76.0 Å². The fraction of sp³-hybridized carbons (Fsp3) is 0.227. The predicted octanol–water partition coefficient (Wildman–Crippen LogP) is 4.32. The number of hydrogen-bond donors (Lipinski definition) is 2. The number of rotatable bonds is 6. The number of carbonyl (C=O) groups excluding carboxylic acids is 2. The molecule has 1 atom stereocenters. The van der Waals surface area contributed by atoms with Crippen LogP contribution in [-0.4, -0.2) is 21.6 Å². The Morgan fingerprint density at radius 2 is 1.71 bits per heavy atom. The molecule has 2 amide bonds. The lowest BCUT2D eigenvalue weighted by molar-refractivity contribution is -0.119. The Kier molecular flexibility index (Phi) is 5.89. The fourth-order valence-corrected chi connectivity index (χ4v) is 2.68. The van der Waals surface area contributed by atoms with Crippen LogP contribution in [0.3, 0.4) is 0 Å². The Morgan fingerprint density at radius 1 is 1.04 bits per heavy atom. The quantitative estimate of drug-likeness (QED) is 0.672. The standard InChI is InChI=1S/C22H24N4O2/c1-4-15(2)21(27)23-18-12-10-16(11-13-18)19-14-20(26(3)25-19)24-22(28)17-8-6-5-7-9-17/h5-15H,4H2,1-3H3,(H,23,27)(H,24,28). The van der Waals surface area contributed by atoms with Gasteiger partial charge in [0, 0.05) is 35.8 Å². The van der Waals surface area contributed by atoms with Crippen molar-refractivity contribution in [2.24, 2.45) is 13.0 Å². The molecule has 6 heteroatoms. The normalized spacial score (nSPS) is 11.7. The lowest BCUT2D eigenvalue weighted by Gasteiger charge is -2.10. The van der Waals surface area contributed by atoms with Gasteiger partial charge in [-0.3, -0.25) is 14.3 Å². The molecule has 0 aliphatic carbocycles. The van der Waals surface area contributed by atoms with Crippen LogP contribution in [0.4, 0.5) is 11.5 Å². The molecule has 2 aromatic carbocycles. The van der Waals surface area contributed by atoms with Crippen LogP contribution in [0.25, 0.3) is 11.3 Å². The highest BCUT2D eigenvalue weighted by molar-refractivity contribution is 6.04. The van der Waals surface area contributed by atoms with Crippen LogP contribution in [0.2, 0.25) is 0 Å². The highest BCUT2D eigenvalue weighted by atomic mass is 16.2. The first-order valence-electron chi connectivity index (χ1n) is 9.29. The molecule has 2 N–H and O–H groups in total. The van der Waals surface area contributed by atoms with Crippen molar-refractivity contribution < 1.29 is 9.59 Å². The van der Waals surface area contributed by atoms with Gasteiger partial charge in [0.1, 0.15) is 5.82 Å². The van der Waals surface area contributed by atoms with E-state index in [9.17, 15) is 9.59 Å². The molecule has 144 valence electrons. The number of carbonyl (C=O) groups is 2. The first-order chi connectivity index (χ1) is 13.5. The molecule has 1 aromatic heterocycles. The van der Waals surface area contributed by atoms with Crippen LogP contribution in [-0.2, 0) is 11.8 Å². The number of anilines is 2. The van der Waals surface area contributed by atoms with Crippen LogP contribution >= 0.6 is 0 Å². The van der Waals surface area contributed by atoms with E-state index in [2.05, 4.69) is 15.7 Å². The van der Waals surface area contributed by atoms with E-state index >= 15 is 0 Å². The van der Waals surface area contributed by atoms with Gasteiger partial charge >= 0.3 is 0 Å². The van der Waals surface area contributed by atoms with E-state index in [0.29, 0.717) is 11.4 Å². The fourth-order valence-electron chi connectivity index (χ4n) is 2.68. The van der Waals surface area contributed by atoms with Crippen molar-refractivity contribution in [1.82, 2.24) is 9.78 Å². The van der Waals surface area contributed by atoms with Crippen molar-refractivity contribution in [3.05, 3.63) is 66.2 Å². The highest BCUT2D eigenvalue weighted by Crippen LogP contribution is 2.23. The first-order valence-corrected chi connectivity index (χ1v) is 9.29. The van der Waals surface area contributed by atoms with Crippen molar-refractivity contribution in [2.75, 3.05) is 10.6 Å². The summed E-state index contributed by atoms with van der Waals surface area (Å²) in [7, 11) is 1.78. The summed E-state index contributed by atoms with van der Waals surface area (Å²) in [5.41, 5.74) is 2.98. The van der Waals surface area contributed by atoms with Crippen LogP contribution in [0.5, 0.6) is 0 Å². The Bertz CT molecular complexity index is 962. The monoisotopic (exact) mass is 376 g/mol. The maximum absolute atomic E-state index is 12.3. The SMILES string of the molecule is CCC(C)C(=O)Nc1ccc(-c2cc(NC(=O)c3ccccc3)n(C)n2)cc1. The van der Waals surface area contributed by atoms with E-state index in [1.807, 2.05) is 62.4 Å². The van der Waals surface area contributed by atoms with Crippen LogP contribution in [0.1, 0.15) is 30.6 Å². The number of nitrogens with one attached hydrogen (secondary N) is 2. The van der Waals surface area contributed by atoms with Gasteiger partial charge < -0.3 is 10.6 Å². The number of benzene rings is 2. The molecule has 0 fully saturated rings. The molecule has 0 aliphatic heterocycles. The molecule has 1 unspecified atom stereocenters. The Balaban J connectivity index is 1.72. The zero-order valence-electron chi connectivity index (χ0n) is 16.3. The van der Waals surface area contributed by atoms with Gasteiger partial charge in [-0.15, -0.1) is 0 Å². The molecule has 0 saturated heterocycles. The van der Waals surface area contributed by atoms with Crippen LogP contribution < -0.4 is 10.6 Å². The van der Waals surface area contributed by atoms with Gasteiger partial charge in [-0.25, -0.2) is 0 Å². The summed E-state index contributed by atoms with van der Waals surface area (Å²) in [6.45, 7) is 3.89. The number of aryl methyl sites for hydroxylation is 1. The Labute approximate surface area is 164 Å². The minimum Gasteiger partial charge on any atom is -0.326 e. The molecule has 3 aromatic rings. The van der Waals surface area contributed by atoms with Gasteiger partial charge in [-0.1, -0.05) is 44.2 Å². The summed E-state index contributed by atoms with van der Waals surface area (Å²) < 4.78 is 1.63. The lowest BCUT2D eigenvalue weighted by atomic mass is 10.1. The lowest BCUT2D eigenvalue weighted by Crippen LogP contribution is -2.19. The largest absolute Gasteiger partial charge is 0.326 e. The smallest absolute Gasteiger partial charge is 0.256 e. The second-order valence-electron chi connectivity index (χ2n) is 6.73. The Morgan fingerprint density at radius 3 is 2.36 bits per heavy atom. The summed E-state index contributed by atoms with van der Waals surface area (Å²) >= 11 is 0. The third kappa shape index (κ3) is 4.46. The molecule has 0 spiro atoms. The van der Waals surface area contributed by atoms with E-state index in [-0.39, 0.29) is 17.7 Å². The minimum absolute atomic E-state index is 0.0130. The number of aromatic nitrogens is 2. The summed E-state index contributed by atoms with van der Waals surface area (Å²) in [5, 5.41) is 10.3. The summed E-state index contributed by atoms with van der Waals surface area (Å²) in [5.74, 6) is 0.418. The number of nitrogens with zero attached hydrogens (tertiary/aromatic N) is 2. The zero-order valence-corrected chi connectivity index (χ0v) is 16.3. The van der Waals surface area contributed by atoms with Crippen molar-refractivity contribution in [3.63, 3.8) is 0 Å². The molecule has 0 aliphatic rings. The summed E-state index contributed by atoms with van der Waals surface area (Å²) in [6.07, 6.45) is 0.801. The minimum atomic E-state index is -0.182. The summed E-state index contributed by atoms with van der Waals surface area (Å²) in [4.78, 5) is 24.3. The van der Waals surface area contributed by atoms with E-state index in [4.69, 9.17) is 0 Å². The Hall–Kier alpha value is -3.41. The second-order valence-corrected chi connectivity index (χ2v) is 6.73. The van der Waals surface area contributed by atoms with Crippen molar-refractivity contribution in [1.29, 1.82) is 0 Å². The molecule has 28 heavy (non-hydrogen) atoms. The van der Waals surface area contributed by atoms with Crippen molar-refractivity contribution in [3.8, 4) is 11.3 Å². The third-order valence-electron chi connectivity index (χ3n) is 4.67. The summed E-state index contributed by atoms with van der Waals surface area (Å²) in [6, 6.07) is 18.4. The van der Waals surface area contributed by atoms with E-state index in [1.54, 1.807) is 23.9 Å². The van der Waals surface area contributed by atoms with Crippen molar-refractivity contribution >= 4 is 23.3 Å². The molecule has 6 nitrogen and oxygen atoms in total. The van der Waals surface area contributed by atoms with Crippen molar-refractivity contribution in [2.45, 2.75) is 20.3 Å². The molecule has 0 bridgehead atoms. The van der Waals surface area contributed by atoms with Crippen LogP contribution in [0.15, 0.2) is 60.7 Å². The maximum Gasteiger partial charge on any atom is 0.256 e. The van der Waals surface area contributed by atoms with E-state index in [1.165, 1.54) is 0 Å². The van der Waals surface area contributed by atoms with E-state index < -0.39 is 0 Å². The average molecular weight is 376 g/mol. The van der Waals surface area contributed by atoms with Gasteiger partial charge in [0.15, 0.2) is 0 Å². The van der Waals surface area contributed by atoms with Gasteiger partial charge in [-0.05, 0) is 30.7 Å². The highest BCUT2D eigenvalue weighted by Gasteiger charge is 2.13. The van der Waals surface area contributed by atoms with Crippen LogP contribution in [0, 0.1) is 5.92 Å². The third-order valence-corrected chi connectivity index (χ3v) is 4.67. The number of hydrogen-bond acceptors (Lipinski definition) is 3. The first kappa shape index (κ1) is 19.4. The second kappa shape index (κ2) is 8.52.